The first kappa shape index (κ1) is 19.2. The van der Waals surface area contributed by atoms with E-state index in [2.05, 4.69) is 118 Å². The highest BCUT2D eigenvalue weighted by Gasteiger charge is 2.23. The SMILES string of the molecule is Cc1cc(C)c(-n2c[n+](-c3c(C)cc(C)cc3C)cc2-c2ccccc2)c(C)c1. The van der Waals surface area contributed by atoms with Gasteiger partial charge in [0, 0.05) is 5.56 Å². The van der Waals surface area contributed by atoms with Gasteiger partial charge in [0.15, 0.2) is 5.69 Å². The van der Waals surface area contributed by atoms with E-state index < -0.39 is 0 Å². The smallest absolute Gasteiger partial charge is 0.201 e. The highest BCUT2D eigenvalue weighted by atomic mass is 15.1. The minimum absolute atomic E-state index is 1.19. The molecule has 0 bridgehead atoms. The Hall–Kier alpha value is -3.13. The molecule has 0 atom stereocenters. The van der Waals surface area contributed by atoms with Gasteiger partial charge in [-0.1, -0.05) is 65.7 Å². The average molecular weight is 382 g/mol. The summed E-state index contributed by atoms with van der Waals surface area (Å²) in [6.45, 7) is 13.1. The van der Waals surface area contributed by atoms with Crippen molar-refractivity contribution in [1.29, 1.82) is 0 Å². The maximum absolute atomic E-state index is 2.35. The molecule has 1 heterocycles. The van der Waals surface area contributed by atoms with Gasteiger partial charge in [-0.25, -0.2) is 4.57 Å². The Kier molecular flexibility index (Phi) is 4.87. The van der Waals surface area contributed by atoms with Crippen molar-refractivity contribution in [2.45, 2.75) is 41.5 Å². The summed E-state index contributed by atoms with van der Waals surface area (Å²) in [5, 5.41) is 0. The van der Waals surface area contributed by atoms with Crippen LogP contribution in [0.4, 0.5) is 0 Å². The highest BCUT2D eigenvalue weighted by molar-refractivity contribution is 5.63. The first-order valence-electron chi connectivity index (χ1n) is 10.2. The maximum atomic E-state index is 2.35. The summed E-state index contributed by atoms with van der Waals surface area (Å²) in [6, 6.07) is 19.7. The molecule has 146 valence electrons. The van der Waals surface area contributed by atoms with Gasteiger partial charge in [-0.3, -0.25) is 0 Å². The fourth-order valence-electron chi connectivity index (χ4n) is 4.67. The summed E-state index contributed by atoms with van der Waals surface area (Å²) in [6.07, 6.45) is 4.50. The van der Waals surface area contributed by atoms with E-state index in [0.29, 0.717) is 0 Å². The Bertz CT molecular complexity index is 1150. The molecule has 0 spiro atoms. The van der Waals surface area contributed by atoms with Gasteiger partial charge >= 0.3 is 0 Å². The Morgan fingerprint density at radius 3 is 1.72 bits per heavy atom. The Morgan fingerprint density at radius 1 is 0.655 bits per heavy atom. The summed E-state index contributed by atoms with van der Waals surface area (Å²) < 4.78 is 4.63. The van der Waals surface area contributed by atoms with E-state index in [1.165, 1.54) is 56.0 Å². The molecule has 4 rings (SSSR count). The van der Waals surface area contributed by atoms with Gasteiger partial charge in [-0.05, 0) is 63.8 Å². The normalized spacial score (nSPS) is 11.1. The zero-order valence-electron chi connectivity index (χ0n) is 18.2. The Morgan fingerprint density at radius 2 is 1.17 bits per heavy atom. The second-order valence-electron chi connectivity index (χ2n) is 8.27. The van der Waals surface area contributed by atoms with Crippen LogP contribution in [0.15, 0.2) is 67.1 Å². The summed E-state index contributed by atoms with van der Waals surface area (Å²) in [5.41, 5.74) is 12.7. The third-order valence-corrected chi connectivity index (χ3v) is 5.60. The number of benzene rings is 3. The lowest BCUT2D eigenvalue weighted by atomic mass is 10.0. The molecule has 29 heavy (non-hydrogen) atoms. The third-order valence-electron chi connectivity index (χ3n) is 5.60. The maximum Gasteiger partial charge on any atom is 0.254 e. The van der Waals surface area contributed by atoms with Crippen LogP contribution >= 0.6 is 0 Å². The topological polar surface area (TPSA) is 8.81 Å². The molecule has 0 saturated carbocycles. The van der Waals surface area contributed by atoms with E-state index in [0.717, 1.165) is 0 Å². The summed E-state index contributed by atoms with van der Waals surface area (Å²) in [4.78, 5) is 0. The fraction of sp³-hybridized carbons (Fsp3) is 0.222. The number of aromatic nitrogens is 2. The second kappa shape index (κ2) is 7.36. The van der Waals surface area contributed by atoms with E-state index in [1.807, 2.05) is 0 Å². The predicted molar refractivity (Wildman–Crippen MR) is 121 cm³/mol. The van der Waals surface area contributed by atoms with Crippen LogP contribution in [-0.4, -0.2) is 4.57 Å². The zero-order chi connectivity index (χ0) is 20.7. The molecule has 2 heteroatoms. The van der Waals surface area contributed by atoms with E-state index in [1.54, 1.807) is 0 Å². The van der Waals surface area contributed by atoms with Gasteiger partial charge in [0.25, 0.3) is 6.33 Å². The summed E-state index contributed by atoms with van der Waals surface area (Å²) >= 11 is 0. The molecule has 0 fully saturated rings. The molecule has 0 N–H and O–H groups in total. The van der Waals surface area contributed by atoms with Gasteiger partial charge < -0.3 is 0 Å². The van der Waals surface area contributed by atoms with Crippen molar-refractivity contribution in [1.82, 2.24) is 4.57 Å². The number of hydrogen-bond donors (Lipinski definition) is 0. The van der Waals surface area contributed by atoms with Crippen molar-refractivity contribution < 1.29 is 4.57 Å². The average Bonchev–Trinajstić information content (AvgIpc) is 3.05. The van der Waals surface area contributed by atoms with Crippen LogP contribution in [0.25, 0.3) is 22.6 Å². The third kappa shape index (κ3) is 3.51. The molecule has 0 unspecified atom stereocenters. The van der Waals surface area contributed by atoms with Crippen LogP contribution in [0.2, 0.25) is 0 Å². The quantitative estimate of drug-likeness (QED) is 0.370. The lowest BCUT2D eigenvalue weighted by molar-refractivity contribution is -0.595. The van der Waals surface area contributed by atoms with Crippen molar-refractivity contribution in [3.05, 3.63) is 101 Å². The van der Waals surface area contributed by atoms with Crippen LogP contribution in [-0.2, 0) is 0 Å². The molecule has 2 nitrogen and oxygen atoms in total. The zero-order valence-corrected chi connectivity index (χ0v) is 18.2. The first-order chi connectivity index (χ1) is 13.8. The van der Waals surface area contributed by atoms with Crippen molar-refractivity contribution in [3.63, 3.8) is 0 Å². The largest absolute Gasteiger partial charge is 0.254 e. The molecular weight excluding hydrogens is 352 g/mol. The van der Waals surface area contributed by atoms with E-state index >= 15 is 0 Å². The van der Waals surface area contributed by atoms with Crippen LogP contribution in [0, 0.1) is 41.5 Å². The second-order valence-corrected chi connectivity index (χ2v) is 8.27. The molecule has 3 aromatic carbocycles. The number of rotatable bonds is 3. The van der Waals surface area contributed by atoms with Gasteiger partial charge in [-0.15, -0.1) is 0 Å². The van der Waals surface area contributed by atoms with Gasteiger partial charge in [0.1, 0.15) is 17.6 Å². The minimum Gasteiger partial charge on any atom is -0.201 e. The number of aryl methyl sites for hydroxylation is 6. The van der Waals surface area contributed by atoms with Crippen molar-refractivity contribution in [3.8, 4) is 22.6 Å². The molecule has 0 aliphatic rings. The predicted octanol–water partition coefficient (Wildman–Crippen LogP) is 6.27. The number of nitrogens with zero attached hydrogens (tertiary/aromatic N) is 2. The minimum atomic E-state index is 1.19. The molecule has 0 saturated heterocycles. The Labute approximate surface area is 174 Å². The van der Waals surface area contributed by atoms with Gasteiger partial charge in [-0.2, -0.15) is 4.57 Å². The molecule has 0 amide bonds. The van der Waals surface area contributed by atoms with E-state index in [-0.39, 0.29) is 0 Å². The molecule has 4 aromatic rings. The lowest BCUT2D eigenvalue weighted by Crippen LogP contribution is -2.30. The summed E-state index contributed by atoms with van der Waals surface area (Å²) in [7, 11) is 0. The molecule has 1 aromatic heterocycles. The monoisotopic (exact) mass is 381 g/mol. The van der Waals surface area contributed by atoms with Crippen molar-refractivity contribution in [2.75, 3.05) is 0 Å². The lowest BCUT2D eigenvalue weighted by Gasteiger charge is -2.10. The number of imidazole rings is 1. The molecule has 0 radical (unpaired) electrons. The van der Waals surface area contributed by atoms with Crippen LogP contribution < -0.4 is 4.57 Å². The van der Waals surface area contributed by atoms with Crippen LogP contribution in [0.3, 0.4) is 0 Å². The van der Waals surface area contributed by atoms with Crippen molar-refractivity contribution >= 4 is 0 Å². The van der Waals surface area contributed by atoms with Crippen molar-refractivity contribution in [2.24, 2.45) is 0 Å². The van der Waals surface area contributed by atoms with Crippen LogP contribution in [0.1, 0.15) is 33.4 Å². The van der Waals surface area contributed by atoms with Gasteiger partial charge in [0.05, 0.1) is 0 Å². The fourth-order valence-corrected chi connectivity index (χ4v) is 4.67. The van der Waals surface area contributed by atoms with Crippen LogP contribution in [0.5, 0.6) is 0 Å². The van der Waals surface area contributed by atoms with E-state index in [9.17, 15) is 0 Å². The number of hydrogen-bond acceptors (Lipinski definition) is 0. The molecular formula is C27H29N2+. The Balaban J connectivity index is 2.02. The van der Waals surface area contributed by atoms with Gasteiger partial charge in [0.2, 0.25) is 0 Å². The molecule has 0 aliphatic carbocycles. The highest BCUT2D eigenvalue weighted by Crippen LogP contribution is 2.28. The van der Waals surface area contributed by atoms with E-state index in [4.69, 9.17) is 0 Å². The molecule has 0 aliphatic heterocycles. The standard InChI is InChI=1S/C27H29N2/c1-18-12-20(3)26(21(4)13-18)28-16-25(24-10-8-7-9-11-24)29(17-28)27-22(5)14-19(2)15-23(27)6/h7-17H,1-6H3/q+1. The summed E-state index contributed by atoms with van der Waals surface area (Å²) in [5.74, 6) is 0. The first-order valence-corrected chi connectivity index (χ1v) is 10.2.